The summed E-state index contributed by atoms with van der Waals surface area (Å²) < 4.78 is 5.91. The second-order valence-electron chi connectivity index (χ2n) is 9.66. The van der Waals surface area contributed by atoms with Crippen LogP contribution in [0.5, 0.6) is 0 Å². The van der Waals surface area contributed by atoms with Crippen LogP contribution in [-0.2, 0) is 11.3 Å². The number of ether oxygens (including phenoxy) is 1. The molecule has 2 aromatic rings. The van der Waals surface area contributed by atoms with E-state index in [0.717, 1.165) is 38.2 Å². The number of Topliss-reactive ketones (excluding diaryl/α,β-unsaturated/α-hetero) is 1. The average Bonchev–Trinajstić information content (AvgIpc) is 2.73. The zero-order valence-electron chi connectivity index (χ0n) is 18.8. The van der Waals surface area contributed by atoms with Gasteiger partial charge in [0, 0.05) is 30.1 Å². The number of nitrogens with zero attached hydrogens (tertiary/aromatic N) is 1. The minimum Gasteiger partial charge on any atom is -0.378 e. The van der Waals surface area contributed by atoms with E-state index in [1.165, 1.54) is 16.7 Å². The lowest BCUT2D eigenvalue weighted by atomic mass is 9.76. The van der Waals surface area contributed by atoms with Gasteiger partial charge in [-0.25, -0.2) is 0 Å². The van der Waals surface area contributed by atoms with Crippen LogP contribution in [0.15, 0.2) is 48.5 Å². The lowest BCUT2D eigenvalue weighted by Crippen LogP contribution is -2.57. The lowest BCUT2D eigenvalue weighted by molar-refractivity contribution is -0.0873. The predicted octanol–water partition coefficient (Wildman–Crippen LogP) is 5.80. The summed E-state index contributed by atoms with van der Waals surface area (Å²) in [4.78, 5) is 16.5. The molecule has 2 aliphatic rings. The molecule has 4 rings (SSSR count). The number of piperidine rings is 1. The number of carbonyl (C=O) groups is 1. The molecular weight excluding hydrogens is 370 g/mol. The molecule has 3 nitrogen and oxygen atoms in total. The van der Waals surface area contributed by atoms with E-state index in [1.54, 1.807) is 0 Å². The van der Waals surface area contributed by atoms with Crippen LogP contribution >= 0.6 is 0 Å². The number of rotatable bonds is 6. The van der Waals surface area contributed by atoms with Crippen molar-refractivity contribution < 1.29 is 9.53 Å². The molecule has 2 saturated heterocycles. The Balaban J connectivity index is 1.59. The van der Waals surface area contributed by atoms with E-state index in [2.05, 4.69) is 81.1 Å². The quantitative estimate of drug-likeness (QED) is 0.569. The van der Waals surface area contributed by atoms with E-state index in [9.17, 15) is 4.79 Å². The standard InChI is InChI=1S/C27H35NO2/c1-18(2)24-11-8-12-25(19(3)4)26(24)27(29)21-13-22-16-30-17-23(14-21)28(22)15-20-9-6-5-7-10-20/h5-12,18-19,21-23H,13-17H2,1-4H3. The highest BCUT2D eigenvalue weighted by Gasteiger charge is 2.42. The summed E-state index contributed by atoms with van der Waals surface area (Å²) in [5.74, 6) is 1.15. The van der Waals surface area contributed by atoms with Crippen molar-refractivity contribution in [3.8, 4) is 0 Å². The summed E-state index contributed by atoms with van der Waals surface area (Å²) in [5, 5.41) is 0. The summed E-state index contributed by atoms with van der Waals surface area (Å²) >= 11 is 0. The summed E-state index contributed by atoms with van der Waals surface area (Å²) in [6.45, 7) is 11.2. The SMILES string of the molecule is CC(C)c1cccc(C(C)C)c1C(=O)C1CC2COCC(C1)N2Cc1ccccc1. The Labute approximate surface area is 181 Å². The Kier molecular flexibility index (Phi) is 6.40. The van der Waals surface area contributed by atoms with Crippen molar-refractivity contribution in [1.29, 1.82) is 0 Å². The van der Waals surface area contributed by atoms with E-state index < -0.39 is 0 Å². The number of carbonyl (C=O) groups excluding carboxylic acids is 1. The largest absolute Gasteiger partial charge is 0.378 e. The van der Waals surface area contributed by atoms with Gasteiger partial charge in [-0.3, -0.25) is 9.69 Å². The number of morpholine rings is 1. The molecule has 2 bridgehead atoms. The maximum atomic E-state index is 13.9. The van der Waals surface area contributed by atoms with E-state index in [-0.39, 0.29) is 5.92 Å². The number of fused-ring (bicyclic) bond motifs is 2. The van der Waals surface area contributed by atoms with Gasteiger partial charge in [-0.05, 0) is 41.4 Å². The van der Waals surface area contributed by atoms with Crippen molar-refractivity contribution in [3.63, 3.8) is 0 Å². The zero-order valence-corrected chi connectivity index (χ0v) is 18.8. The van der Waals surface area contributed by atoms with Crippen LogP contribution in [-0.4, -0.2) is 36.0 Å². The fraction of sp³-hybridized carbons (Fsp3) is 0.519. The maximum absolute atomic E-state index is 13.9. The van der Waals surface area contributed by atoms with E-state index in [1.807, 2.05) is 0 Å². The first-order valence-electron chi connectivity index (χ1n) is 11.5. The second kappa shape index (κ2) is 9.03. The number of hydrogen-bond acceptors (Lipinski definition) is 3. The summed E-state index contributed by atoms with van der Waals surface area (Å²) in [7, 11) is 0. The molecule has 2 heterocycles. The van der Waals surface area contributed by atoms with Crippen LogP contribution in [0.25, 0.3) is 0 Å². The van der Waals surface area contributed by atoms with Gasteiger partial charge in [0.1, 0.15) is 0 Å². The van der Waals surface area contributed by atoms with E-state index in [0.29, 0.717) is 29.7 Å². The first kappa shape index (κ1) is 21.3. The molecule has 30 heavy (non-hydrogen) atoms. The van der Waals surface area contributed by atoms with E-state index >= 15 is 0 Å². The highest BCUT2D eigenvalue weighted by Crippen LogP contribution is 2.37. The van der Waals surface area contributed by atoms with Crippen molar-refractivity contribution in [2.24, 2.45) is 5.92 Å². The molecule has 0 aliphatic carbocycles. The van der Waals surface area contributed by atoms with Gasteiger partial charge in [-0.15, -0.1) is 0 Å². The summed E-state index contributed by atoms with van der Waals surface area (Å²) in [5.41, 5.74) is 4.76. The van der Waals surface area contributed by atoms with Crippen molar-refractivity contribution in [3.05, 3.63) is 70.8 Å². The Morgan fingerprint density at radius 1 is 0.900 bits per heavy atom. The number of ketones is 1. The average molecular weight is 406 g/mol. The third-order valence-corrected chi connectivity index (χ3v) is 6.87. The fourth-order valence-corrected chi connectivity index (χ4v) is 5.30. The third-order valence-electron chi connectivity index (χ3n) is 6.87. The van der Waals surface area contributed by atoms with Crippen LogP contribution in [0, 0.1) is 5.92 Å². The van der Waals surface area contributed by atoms with Gasteiger partial charge in [0.25, 0.3) is 0 Å². The van der Waals surface area contributed by atoms with E-state index in [4.69, 9.17) is 4.74 Å². The van der Waals surface area contributed by atoms with Crippen molar-refractivity contribution in [2.45, 2.75) is 71.0 Å². The minimum absolute atomic E-state index is 0.0910. The topological polar surface area (TPSA) is 29.5 Å². The molecular formula is C27H35NO2. The van der Waals surface area contributed by atoms with Crippen LogP contribution in [0.1, 0.15) is 79.4 Å². The molecule has 160 valence electrons. The van der Waals surface area contributed by atoms with Crippen LogP contribution in [0.2, 0.25) is 0 Å². The fourth-order valence-electron chi connectivity index (χ4n) is 5.30. The first-order valence-corrected chi connectivity index (χ1v) is 11.5. The van der Waals surface area contributed by atoms with Gasteiger partial charge < -0.3 is 4.74 Å². The monoisotopic (exact) mass is 405 g/mol. The molecule has 0 saturated carbocycles. The molecule has 2 unspecified atom stereocenters. The zero-order chi connectivity index (χ0) is 21.3. The van der Waals surface area contributed by atoms with Gasteiger partial charge in [0.15, 0.2) is 5.78 Å². The normalized spacial score (nSPS) is 24.4. The smallest absolute Gasteiger partial charge is 0.166 e. The summed E-state index contributed by atoms with van der Waals surface area (Å²) in [6.07, 6.45) is 1.79. The molecule has 0 aromatic heterocycles. The minimum atomic E-state index is 0.0910. The molecule has 2 fully saturated rings. The molecule has 3 heteroatoms. The van der Waals surface area contributed by atoms with Gasteiger partial charge in [-0.2, -0.15) is 0 Å². The van der Waals surface area contributed by atoms with Crippen molar-refractivity contribution >= 4 is 5.78 Å². The number of benzene rings is 2. The maximum Gasteiger partial charge on any atom is 0.166 e. The Morgan fingerprint density at radius 2 is 1.47 bits per heavy atom. The molecule has 0 spiro atoms. The third kappa shape index (κ3) is 4.24. The Morgan fingerprint density at radius 3 is 2.00 bits per heavy atom. The van der Waals surface area contributed by atoms with Gasteiger partial charge in [-0.1, -0.05) is 76.2 Å². The van der Waals surface area contributed by atoms with Gasteiger partial charge >= 0.3 is 0 Å². The highest BCUT2D eigenvalue weighted by atomic mass is 16.5. The van der Waals surface area contributed by atoms with Gasteiger partial charge in [0.2, 0.25) is 0 Å². The molecule has 0 N–H and O–H groups in total. The highest BCUT2D eigenvalue weighted by molar-refractivity contribution is 6.01. The molecule has 0 radical (unpaired) electrons. The molecule has 0 amide bonds. The number of hydrogen-bond donors (Lipinski definition) is 0. The molecule has 2 aliphatic heterocycles. The first-order chi connectivity index (χ1) is 14.5. The summed E-state index contributed by atoms with van der Waals surface area (Å²) in [6, 6.07) is 17.7. The van der Waals surface area contributed by atoms with Crippen LogP contribution in [0.3, 0.4) is 0 Å². The van der Waals surface area contributed by atoms with Gasteiger partial charge in [0.05, 0.1) is 13.2 Å². The molecule has 2 aromatic carbocycles. The van der Waals surface area contributed by atoms with Crippen LogP contribution < -0.4 is 0 Å². The second-order valence-corrected chi connectivity index (χ2v) is 9.66. The Hall–Kier alpha value is -1.97. The lowest BCUT2D eigenvalue weighted by Gasteiger charge is -2.48. The van der Waals surface area contributed by atoms with Crippen molar-refractivity contribution in [2.75, 3.05) is 13.2 Å². The predicted molar refractivity (Wildman–Crippen MR) is 122 cm³/mol. The van der Waals surface area contributed by atoms with Crippen LogP contribution in [0.4, 0.5) is 0 Å². The van der Waals surface area contributed by atoms with Crippen molar-refractivity contribution in [1.82, 2.24) is 4.90 Å². The molecule has 2 atom stereocenters. The Bertz CT molecular complexity index is 833.